The van der Waals surface area contributed by atoms with E-state index in [2.05, 4.69) is 0 Å². The molecule has 0 radical (unpaired) electrons. The quantitative estimate of drug-likeness (QED) is 0.580. The molecule has 1 atom stereocenters. The van der Waals surface area contributed by atoms with E-state index in [1.54, 1.807) is 31.0 Å². The highest BCUT2D eigenvalue weighted by molar-refractivity contribution is 6.21. The van der Waals surface area contributed by atoms with Gasteiger partial charge in [-0.3, -0.25) is 9.59 Å². The molecule has 1 heterocycles. The van der Waals surface area contributed by atoms with Crippen LogP contribution >= 0.6 is 0 Å². The Hall–Kier alpha value is -1.64. The minimum Gasteiger partial charge on any atom is -0.314 e. The molecule has 0 saturated carbocycles. The molecule has 1 aliphatic heterocycles. The van der Waals surface area contributed by atoms with E-state index in [0.717, 1.165) is 0 Å². The number of para-hydroxylation sites is 1. The van der Waals surface area contributed by atoms with E-state index in [4.69, 9.17) is 0 Å². The Morgan fingerprint density at radius 1 is 1.21 bits per heavy atom. The van der Waals surface area contributed by atoms with Gasteiger partial charge in [-0.15, -0.1) is 0 Å². The molecule has 0 saturated heterocycles. The van der Waals surface area contributed by atoms with Crippen LogP contribution in [0.15, 0.2) is 24.3 Å². The number of Topliss-reactive ketones (excluding diaryl/α,β-unsaturated/α-hetero) is 1. The number of hydrogen-bond donors (Lipinski definition) is 0. The summed E-state index contributed by atoms with van der Waals surface area (Å²) < 4.78 is 0. The number of fused-ring (bicyclic) bond motifs is 1. The number of carbonyl (C=O) groups excluding carboxylic acids is 2. The highest BCUT2D eigenvalue weighted by Crippen LogP contribution is 2.28. The maximum atomic E-state index is 11.7. The molecule has 0 aliphatic carbocycles. The number of nitrogens with zero attached hydrogens (tertiary/aromatic N) is 1. The van der Waals surface area contributed by atoms with Gasteiger partial charge in [-0.1, -0.05) is 12.1 Å². The van der Waals surface area contributed by atoms with Crippen molar-refractivity contribution in [1.82, 2.24) is 0 Å². The minimum absolute atomic E-state index is 0.0799. The number of ketones is 1. The number of hydrogen-bond acceptors (Lipinski definition) is 2. The van der Waals surface area contributed by atoms with Crippen LogP contribution in [0.3, 0.4) is 0 Å². The zero-order valence-electron chi connectivity index (χ0n) is 8.15. The van der Waals surface area contributed by atoms with Crippen molar-refractivity contribution in [3.05, 3.63) is 29.8 Å². The van der Waals surface area contributed by atoms with Crippen LogP contribution in [0.5, 0.6) is 0 Å². The summed E-state index contributed by atoms with van der Waals surface area (Å²) in [5.41, 5.74) is 1.35. The molecule has 14 heavy (non-hydrogen) atoms. The van der Waals surface area contributed by atoms with Gasteiger partial charge in [-0.05, 0) is 19.1 Å². The van der Waals surface area contributed by atoms with Gasteiger partial charge in [-0.2, -0.15) is 0 Å². The molecule has 1 amide bonds. The number of rotatable bonds is 0. The third kappa shape index (κ3) is 1.05. The van der Waals surface area contributed by atoms with Crippen LogP contribution in [-0.4, -0.2) is 18.7 Å². The number of anilines is 1. The third-order valence-corrected chi connectivity index (χ3v) is 2.63. The van der Waals surface area contributed by atoms with Crippen molar-refractivity contribution in [3.63, 3.8) is 0 Å². The highest BCUT2D eigenvalue weighted by atomic mass is 16.2. The van der Waals surface area contributed by atoms with Crippen molar-refractivity contribution in [2.45, 2.75) is 6.92 Å². The zero-order chi connectivity index (χ0) is 10.3. The Morgan fingerprint density at radius 3 is 2.57 bits per heavy atom. The molecule has 0 bridgehead atoms. The molecule has 72 valence electrons. The smallest absolute Gasteiger partial charge is 0.237 e. The van der Waals surface area contributed by atoms with Crippen molar-refractivity contribution in [1.29, 1.82) is 0 Å². The molecular formula is C11H11NO2. The Labute approximate surface area is 82.3 Å². The maximum Gasteiger partial charge on any atom is 0.237 e. The summed E-state index contributed by atoms with van der Waals surface area (Å²) in [7, 11) is 1.70. The second kappa shape index (κ2) is 2.94. The Balaban J connectivity index is 2.62. The molecule has 1 aromatic rings. The van der Waals surface area contributed by atoms with Gasteiger partial charge in [0.1, 0.15) is 0 Å². The molecule has 1 aromatic carbocycles. The Bertz CT molecular complexity index is 412. The van der Waals surface area contributed by atoms with Gasteiger partial charge < -0.3 is 4.90 Å². The van der Waals surface area contributed by atoms with Crippen molar-refractivity contribution in [3.8, 4) is 0 Å². The normalized spacial score (nSPS) is 21.0. The first kappa shape index (κ1) is 8.94. The predicted molar refractivity (Wildman–Crippen MR) is 53.3 cm³/mol. The lowest BCUT2D eigenvalue weighted by Gasteiger charge is -2.28. The van der Waals surface area contributed by atoms with E-state index in [0.29, 0.717) is 11.3 Å². The molecule has 2 rings (SSSR count). The standard InChI is InChI=1S/C11H11NO2/c1-7-10(13)8-5-3-4-6-9(8)12(2)11(7)14/h3-7H,1-2H3/t7-/m0/s1. The van der Waals surface area contributed by atoms with Crippen LogP contribution in [0.25, 0.3) is 0 Å². The van der Waals surface area contributed by atoms with E-state index < -0.39 is 5.92 Å². The van der Waals surface area contributed by atoms with Gasteiger partial charge in [-0.25, -0.2) is 0 Å². The molecule has 0 unspecified atom stereocenters. The largest absolute Gasteiger partial charge is 0.314 e. The van der Waals surface area contributed by atoms with E-state index in [-0.39, 0.29) is 11.7 Å². The zero-order valence-corrected chi connectivity index (χ0v) is 8.15. The first-order valence-corrected chi connectivity index (χ1v) is 4.53. The van der Waals surface area contributed by atoms with Crippen molar-refractivity contribution < 1.29 is 9.59 Å². The maximum absolute atomic E-state index is 11.7. The van der Waals surface area contributed by atoms with E-state index >= 15 is 0 Å². The van der Waals surface area contributed by atoms with E-state index in [9.17, 15) is 9.59 Å². The van der Waals surface area contributed by atoms with Crippen molar-refractivity contribution in [2.75, 3.05) is 11.9 Å². The van der Waals surface area contributed by atoms with Gasteiger partial charge in [0.05, 0.1) is 11.6 Å². The fourth-order valence-electron chi connectivity index (χ4n) is 1.73. The number of amides is 1. The molecule has 3 nitrogen and oxygen atoms in total. The fraction of sp³-hybridized carbons (Fsp3) is 0.273. The first-order valence-electron chi connectivity index (χ1n) is 4.53. The van der Waals surface area contributed by atoms with E-state index in [1.165, 1.54) is 0 Å². The summed E-state index contributed by atoms with van der Waals surface area (Å²) in [4.78, 5) is 24.9. The lowest BCUT2D eigenvalue weighted by Crippen LogP contribution is -2.40. The molecule has 0 N–H and O–H groups in total. The molecule has 0 fully saturated rings. The summed E-state index contributed by atoms with van der Waals surface area (Å²) in [5.74, 6) is -0.757. The fourth-order valence-corrected chi connectivity index (χ4v) is 1.73. The van der Waals surface area contributed by atoms with Crippen LogP contribution in [0.1, 0.15) is 17.3 Å². The van der Waals surface area contributed by atoms with Gasteiger partial charge in [0.25, 0.3) is 0 Å². The van der Waals surface area contributed by atoms with Crippen LogP contribution in [0, 0.1) is 5.92 Å². The summed E-state index contributed by atoms with van der Waals surface area (Å²) in [6.45, 7) is 1.65. The molecule has 0 aromatic heterocycles. The summed E-state index contributed by atoms with van der Waals surface area (Å²) in [6.07, 6.45) is 0. The molecular weight excluding hydrogens is 178 g/mol. The highest BCUT2D eigenvalue weighted by Gasteiger charge is 2.33. The second-order valence-corrected chi connectivity index (χ2v) is 3.50. The molecule has 3 heteroatoms. The van der Waals surface area contributed by atoms with Crippen molar-refractivity contribution in [2.24, 2.45) is 5.92 Å². The topological polar surface area (TPSA) is 37.4 Å². The Morgan fingerprint density at radius 2 is 1.86 bits per heavy atom. The van der Waals surface area contributed by atoms with Gasteiger partial charge >= 0.3 is 0 Å². The second-order valence-electron chi connectivity index (χ2n) is 3.50. The van der Waals surface area contributed by atoms with Gasteiger partial charge in [0.15, 0.2) is 5.78 Å². The lowest BCUT2D eigenvalue weighted by atomic mass is 9.92. The van der Waals surface area contributed by atoms with Crippen LogP contribution in [-0.2, 0) is 4.79 Å². The molecule has 0 spiro atoms. The SMILES string of the molecule is C[C@H]1C(=O)c2ccccc2N(C)C1=O. The van der Waals surface area contributed by atoms with Crippen LogP contribution in [0.4, 0.5) is 5.69 Å². The van der Waals surface area contributed by atoms with Crippen molar-refractivity contribution >= 4 is 17.4 Å². The third-order valence-electron chi connectivity index (χ3n) is 2.63. The monoisotopic (exact) mass is 189 g/mol. The van der Waals surface area contributed by atoms with Gasteiger partial charge in [0, 0.05) is 12.6 Å². The van der Waals surface area contributed by atoms with Crippen LogP contribution < -0.4 is 4.90 Å². The average Bonchev–Trinajstić information content (AvgIpc) is 2.23. The van der Waals surface area contributed by atoms with Crippen LogP contribution in [0.2, 0.25) is 0 Å². The minimum atomic E-state index is -0.546. The summed E-state index contributed by atoms with van der Waals surface area (Å²) in [5, 5.41) is 0. The summed E-state index contributed by atoms with van der Waals surface area (Å²) in [6, 6.07) is 7.19. The lowest BCUT2D eigenvalue weighted by molar-refractivity contribution is -0.120. The average molecular weight is 189 g/mol. The number of carbonyl (C=O) groups is 2. The summed E-state index contributed by atoms with van der Waals surface area (Å²) >= 11 is 0. The Kier molecular flexibility index (Phi) is 1.88. The predicted octanol–water partition coefficient (Wildman–Crippen LogP) is 1.48. The molecule has 1 aliphatic rings. The van der Waals surface area contributed by atoms with Gasteiger partial charge in [0.2, 0.25) is 5.91 Å². The number of benzene rings is 1. The first-order chi connectivity index (χ1) is 6.63. The van der Waals surface area contributed by atoms with E-state index in [1.807, 2.05) is 12.1 Å².